The van der Waals surface area contributed by atoms with Crippen LogP contribution in [0.4, 0.5) is 5.82 Å². The molecule has 1 unspecified atom stereocenters. The van der Waals surface area contributed by atoms with Crippen molar-refractivity contribution in [1.29, 1.82) is 0 Å². The maximum absolute atomic E-state index is 4.56. The monoisotopic (exact) mass is 205 g/mol. The van der Waals surface area contributed by atoms with Crippen LogP contribution in [0.15, 0.2) is 18.2 Å². The average Bonchev–Trinajstić information content (AvgIpc) is 2.29. The third kappa shape index (κ3) is 2.48. The van der Waals surface area contributed by atoms with Crippen LogP contribution in [0.2, 0.25) is 0 Å². The van der Waals surface area contributed by atoms with Crippen LogP contribution in [-0.4, -0.2) is 31.2 Å². The van der Waals surface area contributed by atoms with Gasteiger partial charge in [-0.2, -0.15) is 0 Å². The first-order chi connectivity index (χ1) is 7.29. The van der Waals surface area contributed by atoms with E-state index >= 15 is 0 Å². The lowest BCUT2D eigenvalue weighted by atomic mass is 10.1. The number of hydrogen-bond acceptors (Lipinski definition) is 3. The zero-order chi connectivity index (χ0) is 10.7. The maximum atomic E-state index is 4.56. The molecule has 1 N–H and O–H groups in total. The number of aromatic nitrogens is 1. The first-order valence-corrected chi connectivity index (χ1v) is 5.65. The van der Waals surface area contributed by atoms with Crippen molar-refractivity contribution in [3.05, 3.63) is 23.9 Å². The van der Waals surface area contributed by atoms with Crippen LogP contribution in [0.3, 0.4) is 0 Å². The number of anilines is 1. The number of hydrogen-bond donors (Lipinski definition) is 1. The van der Waals surface area contributed by atoms with E-state index in [2.05, 4.69) is 27.3 Å². The Hall–Kier alpha value is -1.09. The zero-order valence-corrected chi connectivity index (χ0v) is 9.53. The normalized spacial score (nSPS) is 21.7. The van der Waals surface area contributed by atoms with Gasteiger partial charge in [0.05, 0.1) is 0 Å². The smallest absolute Gasteiger partial charge is 0.128 e. The Balaban J connectivity index is 2.09. The second kappa shape index (κ2) is 4.62. The average molecular weight is 205 g/mol. The third-order valence-corrected chi connectivity index (χ3v) is 3.03. The highest BCUT2D eigenvalue weighted by atomic mass is 15.2. The molecule has 0 spiro atoms. The van der Waals surface area contributed by atoms with Crippen molar-refractivity contribution >= 4 is 5.82 Å². The summed E-state index contributed by atoms with van der Waals surface area (Å²) in [6.07, 6.45) is 2.53. The largest absolute Gasteiger partial charge is 0.355 e. The number of rotatable bonds is 2. The molecule has 82 valence electrons. The summed E-state index contributed by atoms with van der Waals surface area (Å²) in [6.45, 7) is 4.25. The van der Waals surface area contributed by atoms with Crippen molar-refractivity contribution < 1.29 is 0 Å². The first kappa shape index (κ1) is 10.4. The van der Waals surface area contributed by atoms with Gasteiger partial charge >= 0.3 is 0 Å². The summed E-state index contributed by atoms with van der Waals surface area (Å²) in [7, 11) is 2.04. The van der Waals surface area contributed by atoms with Gasteiger partial charge in [-0.25, -0.2) is 4.98 Å². The fourth-order valence-corrected chi connectivity index (χ4v) is 2.13. The molecular weight excluding hydrogens is 186 g/mol. The molecule has 1 saturated heterocycles. The van der Waals surface area contributed by atoms with Crippen LogP contribution >= 0.6 is 0 Å². The zero-order valence-electron chi connectivity index (χ0n) is 9.53. The molecule has 2 heterocycles. The molecule has 0 amide bonds. The second-order valence-corrected chi connectivity index (χ2v) is 4.21. The van der Waals surface area contributed by atoms with Gasteiger partial charge < -0.3 is 10.2 Å². The van der Waals surface area contributed by atoms with Crippen molar-refractivity contribution in [2.45, 2.75) is 25.8 Å². The summed E-state index contributed by atoms with van der Waals surface area (Å²) < 4.78 is 0. The van der Waals surface area contributed by atoms with Crippen LogP contribution < -0.4 is 10.2 Å². The molecule has 1 aliphatic heterocycles. The van der Waals surface area contributed by atoms with E-state index in [-0.39, 0.29) is 0 Å². The molecule has 1 atom stereocenters. The van der Waals surface area contributed by atoms with Gasteiger partial charge in [0.15, 0.2) is 0 Å². The fraction of sp³-hybridized carbons (Fsp3) is 0.583. The number of aryl methyl sites for hydroxylation is 1. The first-order valence-electron chi connectivity index (χ1n) is 5.65. The Bertz CT molecular complexity index is 324. The molecule has 0 aromatic carbocycles. The van der Waals surface area contributed by atoms with Gasteiger partial charge in [0.25, 0.3) is 0 Å². The van der Waals surface area contributed by atoms with Crippen molar-refractivity contribution in [2.75, 3.05) is 25.0 Å². The predicted octanol–water partition coefficient (Wildman–Crippen LogP) is 1.58. The lowest BCUT2D eigenvalue weighted by Crippen LogP contribution is -2.44. The molecule has 0 bridgehead atoms. The minimum atomic E-state index is 0.612. The van der Waals surface area contributed by atoms with Crippen molar-refractivity contribution in [1.82, 2.24) is 10.3 Å². The quantitative estimate of drug-likeness (QED) is 0.794. The lowest BCUT2D eigenvalue weighted by Gasteiger charge is -2.33. The molecule has 3 nitrogen and oxygen atoms in total. The van der Waals surface area contributed by atoms with E-state index < -0.39 is 0 Å². The van der Waals surface area contributed by atoms with Gasteiger partial charge in [0.1, 0.15) is 5.82 Å². The van der Waals surface area contributed by atoms with Crippen LogP contribution in [0.5, 0.6) is 0 Å². The number of nitrogens with one attached hydrogen (secondary N) is 1. The van der Waals surface area contributed by atoms with E-state index in [0.29, 0.717) is 6.04 Å². The van der Waals surface area contributed by atoms with Crippen LogP contribution in [0.25, 0.3) is 0 Å². The highest BCUT2D eigenvalue weighted by Gasteiger charge is 2.19. The molecule has 2 rings (SSSR count). The summed E-state index contributed by atoms with van der Waals surface area (Å²) in [6, 6.07) is 6.84. The lowest BCUT2D eigenvalue weighted by molar-refractivity contribution is 0.447. The molecule has 1 fully saturated rings. The molecule has 0 radical (unpaired) electrons. The van der Waals surface area contributed by atoms with Crippen molar-refractivity contribution in [3.63, 3.8) is 0 Å². The van der Waals surface area contributed by atoms with E-state index in [4.69, 9.17) is 0 Å². The van der Waals surface area contributed by atoms with Crippen molar-refractivity contribution in [2.24, 2.45) is 0 Å². The van der Waals surface area contributed by atoms with E-state index in [1.807, 2.05) is 20.0 Å². The Morgan fingerprint density at radius 3 is 3.07 bits per heavy atom. The topological polar surface area (TPSA) is 28.2 Å². The Labute approximate surface area is 91.5 Å². The third-order valence-electron chi connectivity index (χ3n) is 3.03. The summed E-state index contributed by atoms with van der Waals surface area (Å²) in [5, 5.41) is 3.35. The summed E-state index contributed by atoms with van der Waals surface area (Å²) >= 11 is 0. The van der Waals surface area contributed by atoms with Gasteiger partial charge in [0, 0.05) is 24.8 Å². The second-order valence-electron chi connectivity index (χ2n) is 4.21. The summed E-state index contributed by atoms with van der Waals surface area (Å²) in [5.41, 5.74) is 1.10. The van der Waals surface area contributed by atoms with E-state index in [1.165, 1.54) is 12.8 Å². The van der Waals surface area contributed by atoms with Crippen molar-refractivity contribution in [3.8, 4) is 0 Å². The molecule has 15 heavy (non-hydrogen) atoms. The minimum absolute atomic E-state index is 0.612. The molecule has 1 aromatic heterocycles. The standard InChI is InChI=1S/C12H19N3/c1-10-5-3-7-12(14-10)15-8-4-6-11(9-15)13-2/h3,5,7,11,13H,4,6,8-9H2,1-2H3. The molecule has 0 aliphatic carbocycles. The molecule has 1 aromatic rings. The number of nitrogens with zero attached hydrogens (tertiary/aromatic N) is 2. The van der Waals surface area contributed by atoms with E-state index in [0.717, 1.165) is 24.6 Å². The SMILES string of the molecule is CNC1CCCN(c2cccc(C)n2)C1. The van der Waals surface area contributed by atoms with Crippen LogP contribution in [0, 0.1) is 6.92 Å². The van der Waals surface area contributed by atoms with Crippen LogP contribution in [-0.2, 0) is 0 Å². The maximum Gasteiger partial charge on any atom is 0.128 e. The summed E-state index contributed by atoms with van der Waals surface area (Å²) in [4.78, 5) is 6.94. The predicted molar refractivity (Wildman–Crippen MR) is 63.3 cm³/mol. The highest BCUT2D eigenvalue weighted by molar-refractivity contribution is 5.39. The van der Waals surface area contributed by atoms with E-state index in [9.17, 15) is 0 Å². The van der Waals surface area contributed by atoms with Gasteiger partial charge in [0.2, 0.25) is 0 Å². The van der Waals surface area contributed by atoms with E-state index in [1.54, 1.807) is 0 Å². The highest BCUT2D eigenvalue weighted by Crippen LogP contribution is 2.17. The van der Waals surface area contributed by atoms with Gasteiger partial charge in [-0.15, -0.1) is 0 Å². The van der Waals surface area contributed by atoms with Gasteiger partial charge in [-0.05, 0) is 38.9 Å². The number of piperidine rings is 1. The minimum Gasteiger partial charge on any atom is -0.355 e. The summed E-state index contributed by atoms with van der Waals surface area (Å²) in [5.74, 6) is 1.12. The van der Waals surface area contributed by atoms with Gasteiger partial charge in [-0.1, -0.05) is 6.07 Å². The van der Waals surface area contributed by atoms with Gasteiger partial charge in [-0.3, -0.25) is 0 Å². The fourth-order valence-electron chi connectivity index (χ4n) is 2.13. The number of pyridine rings is 1. The molecule has 0 saturated carbocycles. The Morgan fingerprint density at radius 1 is 1.47 bits per heavy atom. The van der Waals surface area contributed by atoms with Crippen LogP contribution in [0.1, 0.15) is 18.5 Å². The Kier molecular flexibility index (Phi) is 3.21. The Morgan fingerprint density at radius 2 is 2.33 bits per heavy atom. The molecule has 1 aliphatic rings. The molecular formula is C12H19N3. The molecule has 3 heteroatoms. The number of likely N-dealkylation sites (N-methyl/N-ethyl adjacent to an activating group) is 1.